The van der Waals surface area contributed by atoms with Gasteiger partial charge in [0.2, 0.25) is 0 Å². The summed E-state index contributed by atoms with van der Waals surface area (Å²) in [4.78, 5) is 10.9. The third kappa shape index (κ3) is 2.41. The van der Waals surface area contributed by atoms with E-state index in [0.29, 0.717) is 5.56 Å². The summed E-state index contributed by atoms with van der Waals surface area (Å²) in [6.07, 6.45) is 0. The molecule has 4 nitrogen and oxygen atoms in total. The van der Waals surface area contributed by atoms with Gasteiger partial charge in [-0.2, -0.15) is 11.3 Å². The van der Waals surface area contributed by atoms with Gasteiger partial charge in [-0.3, -0.25) is 9.35 Å². The summed E-state index contributed by atoms with van der Waals surface area (Å²) in [5.41, 5.74) is 0.400. The van der Waals surface area contributed by atoms with E-state index in [4.69, 9.17) is 4.55 Å². The Kier molecular flexibility index (Phi) is 2.75. The highest BCUT2D eigenvalue weighted by atomic mass is 32.2. The van der Waals surface area contributed by atoms with E-state index >= 15 is 0 Å². The smallest absolute Gasteiger partial charge is 0.265 e. The Hall–Kier alpha value is -0.720. The third-order valence-electron chi connectivity index (χ3n) is 0.963. The van der Waals surface area contributed by atoms with Gasteiger partial charge in [-0.05, 0) is 11.4 Å². The molecule has 0 aliphatic rings. The molecule has 0 saturated heterocycles. The number of thiophene rings is 1. The molecule has 1 unspecified atom stereocenters. The van der Waals surface area contributed by atoms with Crippen LogP contribution in [0.4, 0.5) is 0 Å². The minimum Gasteiger partial charge on any atom is -0.289 e. The van der Waals surface area contributed by atoms with Gasteiger partial charge in [-0.15, -0.1) is 0 Å². The van der Waals surface area contributed by atoms with Crippen molar-refractivity contribution in [1.82, 2.24) is 4.72 Å². The van der Waals surface area contributed by atoms with E-state index in [1.807, 2.05) is 4.72 Å². The van der Waals surface area contributed by atoms with Gasteiger partial charge in [0.15, 0.2) is 0 Å². The molecule has 1 aromatic heterocycles. The molecule has 0 saturated carbocycles. The van der Waals surface area contributed by atoms with Crippen LogP contribution in [-0.2, 0) is 11.3 Å². The number of carbonyl (C=O) groups is 1. The van der Waals surface area contributed by atoms with Crippen molar-refractivity contribution in [3.8, 4) is 0 Å². The normalized spacial score (nSPS) is 12.5. The standard InChI is InChI=1S/C5H5NO3S2/c7-5(6-11(8)9)4-1-2-10-3-4/h1-3H,(H,6,7)(H,8,9). The summed E-state index contributed by atoms with van der Waals surface area (Å²) in [5.74, 6) is -0.535. The first kappa shape index (κ1) is 8.38. The zero-order valence-corrected chi connectivity index (χ0v) is 6.95. The molecule has 1 atom stereocenters. The van der Waals surface area contributed by atoms with E-state index in [-0.39, 0.29) is 0 Å². The average Bonchev–Trinajstić information content (AvgIpc) is 2.35. The van der Waals surface area contributed by atoms with Crippen molar-refractivity contribution in [1.29, 1.82) is 0 Å². The van der Waals surface area contributed by atoms with Crippen LogP contribution in [0.25, 0.3) is 0 Å². The van der Waals surface area contributed by atoms with Gasteiger partial charge < -0.3 is 0 Å². The largest absolute Gasteiger partial charge is 0.289 e. The van der Waals surface area contributed by atoms with Gasteiger partial charge in [0.05, 0.1) is 5.56 Å². The molecule has 0 aliphatic carbocycles. The Morgan fingerprint density at radius 2 is 2.45 bits per heavy atom. The lowest BCUT2D eigenvalue weighted by Gasteiger charge is -1.94. The van der Waals surface area contributed by atoms with E-state index in [1.54, 1.807) is 16.8 Å². The summed E-state index contributed by atoms with van der Waals surface area (Å²) in [5, 5.41) is 3.32. The molecule has 0 aromatic carbocycles. The minimum absolute atomic E-state index is 0.400. The monoisotopic (exact) mass is 191 g/mol. The number of hydrogen-bond acceptors (Lipinski definition) is 3. The fraction of sp³-hybridized carbons (Fsp3) is 0. The second-order valence-electron chi connectivity index (χ2n) is 1.69. The highest BCUT2D eigenvalue weighted by Gasteiger charge is 2.06. The molecule has 6 heteroatoms. The summed E-state index contributed by atoms with van der Waals surface area (Å²) in [6.45, 7) is 0. The summed E-state index contributed by atoms with van der Waals surface area (Å²) in [6, 6.07) is 1.58. The summed E-state index contributed by atoms with van der Waals surface area (Å²) >= 11 is -0.922. The molecule has 1 rings (SSSR count). The fourth-order valence-corrected chi connectivity index (χ4v) is 1.44. The van der Waals surface area contributed by atoms with Crippen LogP contribution >= 0.6 is 11.3 Å². The van der Waals surface area contributed by atoms with Gasteiger partial charge in [-0.1, -0.05) is 0 Å². The zero-order chi connectivity index (χ0) is 8.27. The van der Waals surface area contributed by atoms with Crippen LogP contribution in [0.15, 0.2) is 16.8 Å². The van der Waals surface area contributed by atoms with Crippen molar-refractivity contribution < 1.29 is 13.6 Å². The molecule has 1 heterocycles. The highest BCUT2D eigenvalue weighted by Crippen LogP contribution is 2.04. The van der Waals surface area contributed by atoms with Crippen molar-refractivity contribution in [3.63, 3.8) is 0 Å². The lowest BCUT2D eigenvalue weighted by atomic mass is 10.3. The van der Waals surface area contributed by atoms with Crippen LogP contribution < -0.4 is 4.72 Å². The first-order valence-corrected chi connectivity index (χ1v) is 4.69. The van der Waals surface area contributed by atoms with Crippen LogP contribution in [-0.4, -0.2) is 14.7 Å². The van der Waals surface area contributed by atoms with E-state index in [9.17, 15) is 9.00 Å². The van der Waals surface area contributed by atoms with Crippen LogP contribution in [0.5, 0.6) is 0 Å². The molecule has 1 amide bonds. The predicted octanol–water partition coefficient (Wildman–Crippen LogP) is 0.615. The molecule has 2 N–H and O–H groups in total. The highest BCUT2D eigenvalue weighted by molar-refractivity contribution is 7.77. The van der Waals surface area contributed by atoms with Crippen LogP contribution in [0.1, 0.15) is 10.4 Å². The van der Waals surface area contributed by atoms with E-state index in [1.165, 1.54) is 11.3 Å². The minimum atomic E-state index is -2.28. The quantitative estimate of drug-likeness (QED) is 0.673. The third-order valence-corrected chi connectivity index (χ3v) is 2.01. The molecule has 1 aromatic rings. The molecule has 0 radical (unpaired) electrons. The first-order chi connectivity index (χ1) is 5.20. The molecule has 0 fully saturated rings. The Labute approximate surface area is 69.7 Å². The predicted molar refractivity (Wildman–Crippen MR) is 42.6 cm³/mol. The molecule has 60 valence electrons. The number of amides is 1. The zero-order valence-electron chi connectivity index (χ0n) is 5.31. The second-order valence-corrected chi connectivity index (χ2v) is 3.17. The van der Waals surface area contributed by atoms with Crippen molar-refractivity contribution in [2.45, 2.75) is 0 Å². The molecular formula is C5H5NO3S2. The lowest BCUT2D eigenvalue weighted by Crippen LogP contribution is -2.24. The van der Waals surface area contributed by atoms with Gasteiger partial charge in [0.25, 0.3) is 17.2 Å². The molecule has 0 spiro atoms. The van der Waals surface area contributed by atoms with E-state index < -0.39 is 17.2 Å². The maximum absolute atomic E-state index is 10.9. The van der Waals surface area contributed by atoms with E-state index in [2.05, 4.69) is 0 Å². The molecular weight excluding hydrogens is 186 g/mol. The van der Waals surface area contributed by atoms with E-state index in [0.717, 1.165) is 0 Å². The average molecular weight is 191 g/mol. The Balaban J connectivity index is 2.64. The van der Waals surface area contributed by atoms with Gasteiger partial charge >= 0.3 is 0 Å². The summed E-state index contributed by atoms with van der Waals surface area (Å²) in [7, 11) is 0. The second kappa shape index (κ2) is 3.61. The maximum atomic E-state index is 10.9. The molecule has 0 bridgehead atoms. The Morgan fingerprint density at radius 3 is 2.91 bits per heavy atom. The first-order valence-electron chi connectivity index (χ1n) is 2.64. The Morgan fingerprint density at radius 1 is 1.73 bits per heavy atom. The van der Waals surface area contributed by atoms with Gasteiger partial charge in [0, 0.05) is 5.38 Å². The molecule has 11 heavy (non-hydrogen) atoms. The SMILES string of the molecule is O=C(NS(=O)O)c1ccsc1. The maximum Gasteiger partial charge on any atom is 0.265 e. The fourth-order valence-electron chi connectivity index (χ4n) is 0.532. The van der Waals surface area contributed by atoms with Crippen LogP contribution in [0.2, 0.25) is 0 Å². The van der Waals surface area contributed by atoms with Crippen molar-refractivity contribution in [2.75, 3.05) is 0 Å². The van der Waals surface area contributed by atoms with Crippen LogP contribution in [0, 0.1) is 0 Å². The van der Waals surface area contributed by atoms with Crippen LogP contribution in [0.3, 0.4) is 0 Å². The molecule has 0 aliphatic heterocycles. The number of hydrogen-bond donors (Lipinski definition) is 2. The Bertz CT molecular complexity index is 269. The van der Waals surface area contributed by atoms with Crippen molar-refractivity contribution >= 4 is 28.5 Å². The lowest BCUT2D eigenvalue weighted by molar-refractivity contribution is 0.0981. The number of nitrogens with one attached hydrogen (secondary N) is 1. The number of rotatable bonds is 2. The topological polar surface area (TPSA) is 66.4 Å². The van der Waals surface area contributed by atoms with Crippen molar-refractivity contribution in [2.24, 2.45) is 0 Å². The summed E-state index contributed by atoms with van der Waals surface area (Å²) < 4.78 is 20.2. The van der Waals surface area contributed by atoms with Gasteiger partial charge in [-0.25, -0.2) is 8.93 Å². The van der Waals surface area contributed by atoms with Gasteiger partial charge in [0.1, 0.15) is 0 Å². The number of carbonyl (C=O) groups excluding carboxylic acids is 1. The van der Waals surface area contributed by atoms with Crippen molar-refractivity contribution in [3.05, 3.63) is 22.4 Å².